The second-order valence-electron chi connectivity index (χ2n) is 4.26. The van der Waals surface area contributed by atoms with Gasteiger partial charge in [-0.05, 0) is 31.1 Å². The second-order valence-corrected chi connectivity index (χ2v) is 4.26. The van der Waals surface area contributed by atoms with Crippen molar-refractivity contribution in [3.63, 3.8) is 0 Å². The number of nitrogens with one attached hydrogen (secondary N) is 2. The molecule has 78 valence electrons. The first-order chi connectivity index (χ1) is 6.66. The first kappa shape index (κ1) is 9.30. The maximum absolute atomic E-state index is 11.6. The summed E-state index contributed by atoms with van der Waals surface area (Å²) in [5.41, 5.74) is 9.32. The lowest BCUT2D eigenvalue weighted by atomic mass is 9.88. The van der Waals surface area contributed by atoms with Crippen molar-refractivity contribution in [3.8, 4) is 0 Å². The van der Waals surface area contributed by atoms with Crippen molar-refractivity contribution in [3.05, 3.63) is 0 Å². The number of carbonyl (C=O) groups is 2. The highest BCUT2D eigenvalue weighted by Crippen LogP contribution is 2.48. The Morgan fingerprint density at radius 1 is 1.14 bits per heavy atom. The lowest BCUT2D eigenvalue weighted by molar-refractivity contribution is -0.127. The Morgan fingerprint density at radius 2 is 1.93 bits per heavy atom. The van der Waals surface area contributed by atoms with Gasteiger partial charge in [0, 0.05) is 5.92 Å². The van der Waals surface area contributed by atoms with E-state index in [1.54, 1.807) is 0 Å². The van der Waals surface area contributed by atoms with Crippen molar-refractivity contribution < 1.29 is 9.59 Å². The smallest absolute Gasteiger partial charge is 0.330 e. The third kappa shape index (κ3) is 1.66. The molecule has 0 aromatic carbocycles. The van der Waals surface area contributed by atoms with Gasteiger partial charge in [0.05, 0.1) is 0 Å². The molecular weight excluding hydrogens is 182 g/mol. The van der Waals surface area contributed by atoms with Gasteiger partial charge in [-0.3, -0.25) is 10.2 Å². The largest absolute Gasteiger partial charge is 0.350 e. The number of hydrazine groups is 1. The number of rotatable bonds is 1. The van der Waals surface area contributed by atoms with E-state index >= 15 is 0 Å². The number of primary amides is 1. The molecule has 2 aliphatic rings. The summed E-state index contributed by atoms with van der Waals surface area (Å²) in [6.07, 6.45) is 4.56. The summed E-state index contributed by atoms with van der Waals surface area (Å²) < 4.78 is 0. The van der Waals surface area contributed by atoms with Crippen LogP contribution in [0.2, 0.25) is 0 Å². The first-order valence-corrected chi connectivity index (χ1v) is 5.02. The third-order valence-electron chi connectivity index (χ3n) is 3.38. The molecule has 3 unspecified atom stereocenters. The van der Waals surface area contributed by atoms with Crippen molar-refractivity contribution in [1.29, 1.82) is 0 Å². The van der Waals surface area contributed by atoms with Crippen molar-refractivity contribution in [2.75, 3.05) is 0 Å². The standard InChI is InChI=1S/C9H15N3O2/c10-9(14)12-11-8(13)7-4-5-1-2-6(7)3-5/h5-7H,1-4H2,(H,11,13)(H3,10,12,14). The van der Waals surface area contributed by atoms with Crippen molar-refractivity contribution in [1.82, 2.24) is 10.9 Å². The number of carbonyl (C=O) groups excluding carboxylic acids is 2. The monoisotopic (exact) mass is 197 g/mol. The molecule has 5 nitrogen and oxygen atoms in total. The van der Waals surface area contributed by atoms with Crippen LogP contribution in [-0.2, 0) is 4.79 Å². The minimum Gasteiger partial charge on any atom is -0.350 e. The summed E-state index contributed by atoms with van der Waals surface area (Å²) >= 11 is 0. The molecule has 0 aromatic rings. The van der Waals surface area contributed by atoms with Gasteiger partial charge in [-0.25, -0.2) is 10.2 Å². The fourth-order valence-electron chi connectivity index (χ4n) is 2.78. The van der Waals surface area contributed by atoms with Crippen LogP contribution in [0, 0.1) is 17.8 Å². The number of hydrogen-bond acceptors (Lipinski definition) is 2. The minimum atomic E-state index is -0.721. The number of nitrogens with two attached hydrogens (primary N) is 1. The van der Waals surface area contributed by atoms with Gasteiger partial charge in [0.2, 0.25) is 5.91 Å². The Hall–Kier alpha value is -1.26. The molecule has 2 fully saturated rings. The van der Waals surface area contributed by atoms with Gasteiger partial charge < -0.3 is 5.73 Å². The zero-order chi connectivity index (χ0) is 10.1. The van der Waals surface area contributed by atoms with Crippen LogP contribution in [0.5, 0.6) is 0 Å². The van der Waals surface area contributed by atoms with E-state index in [0.29, 0.717) is 5.92 Å². The summed E-state index contributed by atoms with van der Waals surface area (Å²) in [6, 6.07) is -0.721. The summed E-state index contributed by atoms with van der Waals surface area (Å²) in [5, 5.41) is 0. The molecule has 2 saturated carbocycles. The topological polar surface area (TPSA) is 84.2 Å². The maximum Gasteiger partial charge on any atom is 0.330 e. The summed E-state index contributed by atoms with van der Waals surface area (Å²) in [4.78, 5) is 21.9. The van der Waals surface area contributed by atoms with Crippen molar-refractivity contribution in [2.45, 2.75) is 25.7 Å². The number of urea groups is 1. The molecule has 0 spiro atoms. The number of hydrogen-bond donors (Lipinski definition) is 3. The Kier molecular flexibility index (Phi) is 2.31. The van der Waals surface area contributed by atoms with Crippen LogP contribution in [-0.4, -0.2) is 11.9 Å². The maximum atomic E-state index is 11.6. The highest BCUT2D eigenvalue weighted by molar-refractivity contribution is 5.82. The Morgan fingerprint density at radius 3 is 2.43 bits per heavy atom. The molecule has 14 heavy (non-hydrogen) atoms. The fourth-order valence-corrected chi connectivity index (χ4v) is 2.78. The van der Waals surface area contributed by atoms with E-state index in [9.17, 15) is 9.59 Å². The quantitative estimate of drug-likeness (QED) is 0.522. The van der Waals surface area contributed by atoms with Gasteiger partial charge in [-0.2, -0.15) is 0 Å². The zero-order valence-electron chi connectivity index (χ0n) is 7.95. The molecule has 3 atom stereocenters. The molecule has 4 N–H and O–H groups in total. The molecule has 0 radical (unpaired) electrons. The first-order valence-electron chi connectivity index (χ1n) is 5.02. The van der Waals surface area contributed by atoms with E-state index in [0.717, 1.165) is 18.8 Å². The van der Waals surface area contributed by atoms with Crippen molar-refractivity contribution in [2.24, 2.45) is 23.5 Å². The number of fused-ring (bicyclic) bond motifs is 2. The van der Waals surface area contributed by atoms with Crippen LogP contribution in [0.25, 0.3) is 0 Å². The highest BCUT2D eigenvalue weighted by Gasteiger charge is 2.43. The molecule has 2 rings (SSSR count). The van der Waals surface area contributed by atoms with Crippen molar-refractivity contribution >= 4 is 11.9 Å². The van der Waals surface area contributed by atoms with Gasteiger partial charge in [-0.15, -0.1) is 0 Å². The van der Waals surface area contributed by atoms with Crippen LogP contribution >= 0.6 is 0 Å². The van der Waals surface area contributed by atoms with Crippen LogP contribution in [0.4, 0.5) is 4.79 Å². The van der Waals surface area contributed by atoms with E-state index in [-0.39, 0.29) is 11.8 Å². The zero-order valence-corrected chi connectivity index (χ0v) is 7.95. The van der Waals surface area contributed by atoms with Crippen LogP contribution in [0.1, 0.15) is 25.7 Å². The molecule has 0 saturated heterocycles. The van der Waals surface area contributed by atoms with Gasteiger partial charge in [0.1, 0.15) is 0 Å². The second kappa shape index (κ2) is 3.48. The van der Waals surface area contributed by atoms with Gasteiger partial charge in [-0.1, -0.05) is 6.42 Å². The molecule has 2 aliphatic carbocycles. The molecule has 0 aliphatic heterocycles. The predicted molar refractivity (Wildman–Crippen MR) is 49.8 cm³/mol. The SMILES string of the molecule is NC(=O)NNC(=O)C1CC2CCC1C2. The van der Waals surface area contributed by atoms with E-state index in [2.05, 4.69) is 10.9 Å². The molecule has 5 heteroatoms. The number of amides is 3. The van der Waals surface area contributed by atoms with Gasteiger partial charge in [0.15, 0.2) is 0 Å². The molecule has 0 aromatic heterocycles. The fraction of sp³-hybridized carbons (Fsp3) is 0.778. The lowest BCUT2D eigenvalue weighted by Gasteiger charge is -2.20. The Bertz CT molecular complexity index is 267. The summed E-state index contributed by atoms with van der Waals surface area (Å²) in [5.74, 6) is 1.25. The van der Waals surface area contributed by atoms with Crippen LogP contribution in [0.3, 0.4) is 0 Å². The Balaban J connectivity index is 1.84. The molecular formula is C9H15N3O2. The van der Waals surface area contributed by atoms with Gasteiger partial charge in [0.25, 0.3) is 0 Å². The molecule has 3 amide bonds. The van der Waals surface area contributed by atoms with Crippen LogP contribution in [0.15, 0.2) is 0 Å². The van der Waals surface area contributed by atoms with Gasteiger partial charge >= 0.3 is 6.03 Å². The Labute approximate surface area is 82.4 Å². The predicted octanol–water partition coefficient (Wildman–Crippen LogP) is 0.122. The summed E-state index contributed by atoms with van der Waals surface area (Å²) in [7, 11) is 0. The van der Waals surface area contributed by atoms with Crippen LogP contribution < -0.4 is 16.6 Å². The van der Waals surface area contributed by atoms with E-state index in [1.807, 2.05) is 0 Å². The van der Waals surface area contributed by atoms with E-state index < -0.39 is 6.03 Å². The van der Waals surface area contributed by atoms with E-state index in [4.69, 9.17) is 5.73 Å². The molecule has 0 heterocycles. The highest BCUT2D eigenvalue weighted by atomic mass is 16.2. The average Bonchev–Trinajstić information content (AvgIpc) is 2.74. The minimum absolute atomic E-state index is 0.0839. The van der Waals surface area contributed by atoms with E-state index in [1.165, 1.54) is 12.8 Å². The third-order valence-corrected chi connectivity index (χ3v) is 3.38. The lowest BCUT2D eigenvalue weighted by Crippen LogP contribution is -2.47. The normalized spacial score (nSPS) is 34.1. The summed E-state index contributed by atoms with van der Waals surface area (Å²) in [6.45, 7) is 0. The average molecular weight is 197 g/mol. The molecule has 2 bridgehead atoms.